The molecular formula is C7H7BrN2O. The maximum Gasteiger partial charge on any atom is 0.213 e. The van der Waals surface area contributed by atoms with Crippen LogP contribution in [0.2, 0.25) is 0 Å². The van der Waals surface area contributed by atoms with Crippen LogP contribution in [0.1, 0.15) is 17.5 Å². The summed E-state index contributed by atoms with van der Waals surface area (Å²) in [6, 6.07) is 1.68. The van der Waals surface area contributed by atoms with Crippen LogP contribution < -0.4 is 0 Å². The fraction of sp³-hybridized carbons (Fsp3) is 0.286. The maximum atomic E-state index is 11.2. The molecule has 1 aromatic heterocycles. The SMILES string of the molecule is C[C@@H](Br)C(=O)c1ncccn1. The summed E-state index contributed by atoms with van der Waals surface area (Å²) in [5.74, 6) is 0.169. The molecule has 0 radical (unpaired) electrons. The Morgan fingerprint density at radius 1 is 1.55 bits per heavy atom. The van der Waals surface area contributed by atoms with Crippen LogP contribution in [0.25, 0.3) is 0 Å². The smallest absolute Gasteiger partial charge is 0.213 e. The number of halogens is 1. The minimum Gasteiger partial charge on any atom is -0.289 e. The lowest BCUT2D eigenvalue weighted by Gasteiger charge is -1.98. The van der Waals surface area contributed by atoms with E-state index in [-0.39, 0.29) is 16.4 Å². The molecule has 1 heterocycles. The van der Waals surface area contributed by atoms with Crippen molar-refractivity contribution < 1.29 is 4.79 Å². The van der Waals surface area contributed by atoms with Crippen LogP contribution in [0.15, 0.2) is 18.5 Å². The molecule has 0 aromatic carbocycles. The van der Waals surface area contributed by atoms with Crippen LogP contribution in [-0.2, 0) is 0 Å². The van der Waals surface area contributed by atoms with E-state index < -0.39 is 0 Å². The van der Waals surface area contributed by atoms with Crippen molar-refractivity contribution in [3.05, 3.63) is 24.3 Å². The number of alkyl halides is 1. The van der Waals surface area contributed by atoms with E-state index in [1.165, 1.54) is 0 Å². The predicted octanol–water partition coefficient (Wildman–Crippen LogP) is 1.44. The van der Waals surface area contributed by atoms with Gasteiger partial charge < -0.3 is 0 Å². The number of carbonyl (C=O) groups is 1. The van der Waals surface area contributed by atoms with Crippen LogP contribution in [0.4, 0.5) is 0 Å². The van der Waals surface area contributed by atoms with Gasteiger partial charge in [-0.15, -0.1) is 0 Å². The predicted molar refractivity (Wildman–Crippen MR) is 44.8 cm³/mol. The zero-order chi connectivity index (χ0) is 8.27. The van der Waals surface area contributed by atoms with Crippen molar-refractivity contribution in [3.8, 4) is 0 Å². The molecule has 0 spiro atoms. The van der Waals surface area contributed by atoms with Gasteiger partial charge in [-0.3, -0.25) is 4.79 Å². The number of hydrogen-bond acceptors (Lipinski definition) is 3. The second-order valence-corrected chi connectivity index (χ2v) is 3.43. The van der Waals surface area contributed by atoms with Gasteiger partial charge in [-0.1, -0.05) is 15.9 Å². The largest absolute Gasteiger partial charge is 0.289 e. The molecule has 0 N–H and O–H groups in total. The van der Waals surface area contributed by atoms with Gasteiger partial charge in [0.15, 0.2) is 5.82 Å². The van der Waals surface area contributed by atoms with Gasteiger partial charge in [0.05, 0.1) is 4.83 Å². The van der Waals surface area contributed by atoms with Crippen LogP contribution in [0, 0.1) is 0 Å². The van der Waals surface area contributed by atoms with Crippen molar-refractivity contribution in [1.82, 2.24) is 9.97 Å². The molecular weight excluding hydrogens is 208 g/mol. The molecule has 0 aliphatic rings. The molecule has 1 atom stereocenters. The Hall–Kier alpha value is -0.770. The maximum absolute atomic E-state index is 11.2. The molecule has 0 bridgehead atoms. The summed E-state index contributed by atoms with van der Waals surface area (Å²) in [7, 11) is 0. The number of ketones is 1. The minimum atomic E-state index is -0.218. The Labute approximate surface area is 73.0 Å². The van der Waals surface area contributed by atoms with E-state index in [9.17, 15) is 4.79 Å². The van der Waals surface area contributed by atoms with Gasteiger partial charge in [-0.05, 0) is 13.0 Å². The fourth-order valence-corrected chi connectivity index (χ4v) is 0.809. The Morgan fingerprint density at radius 3 is 2.55 bits per heavy atom. The summed E-state index contributed by atoms with van der Waals surface area (Å²) < 4.78 is 0. The molecule has 1 aromatic rings. The van der Waals surface area contributed by atoms with E-state index in [2.05, 4.69) is 25.9 Å². The summed E-state index contributed by atoms with van der Waals surface area (Å²) in [6.07, 6.45) is 3.10. The summed E-state index contributed by atoms with van der Waals surface area (Å²) in [5.41, 5.74) is 0. The first-order chi connectivity index (χ1) is 5.22. The topological polar surface area (TPSA) is 42.9 Å². The van der Waals surface area contributed by atoms with Gasteiger partial charge >= 0.3 is 0 Å². The Bertz CT molecular complexity index is 248. The number of carbonyl (C=O) groups excluding carboxylic acids is 1. The molecule has 0 saturated carbocycles. The zero-order valence-electron chi connectivity index (χ0n) is 5.99. The van der Waals surface area contributed by atoms with Crippen molar-refractivity contribution in [3.63, 3.8) is 0 Å². The minimum absolute atomic E-state index is 0.0920. The highest BCUT2D eigenvalue weighted by atomic mass is 79.9. The highest BCUT2D eigenvalue weighted by Crippen LogP contribution is 2.03. The van der Waals surface area contributed by atoms with E-state index in [1.54, 1.807) is 25.4 Å². The standard InChI is InChI=1S/C7H7BrN2O/c1-5(8)6(11)7-9-3-2-4-10-7/h2-5H,1H3/t5-/m1/s1. The molecule has 0 amide bonds. The summed E-state index contributed by atoms with van der Waals surface area (Å²) >= 11 is 3.15. The highest BCUT2D eigenvalue weighted by Gasteiger charge is 2.13. The molecule has 3 nitrogen and oxygen atoms in total. The summed E-state index contributed by atoms with van der Waals surface area (Å²) in [4.78, 5) is 18.6. The second-order valence-electron chi connectivity index (χ2n) is 2.05. The second kappa shape index (κ2) is 3.57. The van der Waals surface area contributed by atoms with Crippen LogP contribution in [0.5, 0.6) is 0 Å². The van der Waals surface area contributed by atoms with Crippen molar-refractivity contribution in [2.24, 2.45) is 0 Å². The van der Waals surface area contributed by atoms with E-state index in [0.29, 0.717) is 0 Å². The van der Waals surface area contributed by atoms with Crippen molar-refractivity contribution in [1.29, 1.82) is 0 Å². The summed E-state index contributed by atoms with van der Waals surface area (Å²) in [5, 5.41) is 0. The molecule has 4 heteroatoms. The van der Waals surface area contributed by atoms with Crippen molar-refractivity contribution >= 4 is 21.7 Å². The number of rotatable bonds is 2. The van der Waals surface area contributed by atoms with E-state index in [0.717, 1.165) is 0 Å². The Morgan fingerprint density at radius 2 is 2.09 bits per heavy atom. The van der Waals surface area contributed by atoms with Gasteiger partial charge in [0.25, 0.3) is 0 Å². The number of hydrogen-bond donors (Lipinski definition) is 0. The average molecular weight is 215 g/mol. The lowest BCUT2D eigenvalue weighted by molar-refractivity contribution is 0.0986. The molecule has 58 valence electrons. The third-order valence-corrected chi connectivity index (χ3v) is 1.56. The Kier molecular flexibility index (Phi) is 2.70. The number of Topliss-reactive ketones (excluding diaryl/α,β-unsaturated/α-hetero) is 1. The van der Waals surface area contributed by atoms with Crippen molar-refractivity contribution in [2.45, 2.75) is 11.8 Å². The van der Waals surface area contributed by atoms with Gasteiger partial charge in [-0.25, -0.2) is 9.97 Å². The van der Waals surface area contributed by atoms with Crippen LogP contribution >= 0.6 is 15.9 Å². The van der Waals surface area contributed by atoms with Crippen molar-refractivity contribution in [2.75, 3.05) is 0 Å². The van der Waals surface area contributed by atoms with Crippen LogP contribution in [-0.4, -0.2) is 20.6 Å². The first kappa shape index (κ1) is 8.33. The summed E-state index contributed by atoms with van der Waals surface area (Å²) in [6.45, 7) is 1.75. The number of aromatic nitrogens is 2. The Balaban J connectivity index is 2.86. The molecule has 0 fully saturated rings. The van der Waals surface area contributed by atoms with E-state index in [4.69, 9.17) is 0 Å². The lowest BCUT2D eigenvalue weighted by atomic mass is 10.3. The molecule has 0 saturated heterocycles. The molecule has 0 unspecified atom stereocenters. The van der Waals surface area contributed by atoms with Gasteiger partial charge in [0.2, 0.25) is 5.78 Å². The first-order valence-electron chi connectivity index (χ1n) is 3.17. The molecule has 1 rings (SSSR count). The average Bonchev–Trinajstić information content (AvgIpc) is 2.05. The molecule has 0 aliphatic carbocycles. The molecule has 11 heavy (non-hydrogen) atoms. The third kappa shape index (κ3) is 2.08. The zero-order valence-corrected chi connectivity index (χ0v) is 7.58. The monoisotopic (exact) mass is 214 g/mol. The van der Waals surface area contributed by atoms with Crippen LogP contribution in [0.3, 0.4) is 0 Å². The lowest BCUT2D eigenvalue weighted by Crippen LogP contribution is -2.13. The van der Waals surface area contributed by atoms with E-state index >= 15 is 0 Å². The van der Waals surface area contributed by atoms with Gasteiger partial charge in [-0.2, -0.15) is 0 Å². The highest BCUT2D eigenvalue weighted by molar-refractivity contribution is 9.10. The van der Waals surface area contributed by atoms with Gasteiger partial charge in [0, 0.05) is 12.4 Å². The molecule has 0 aliphatic heterocycles. The quantitative estimate of drug-likeness (QED) is 0.553. The number of nitrogens with zero attached hydrogens (tertiary/aromatic N) is 2. The first-order valence-corrected chi connectivity index (χ1v) is 4.08. The van der Waals surface area contributed by atoms with E-state index in [1.807, 2.05) is 0 Å². The third-order valence-electron chi connectivity index (χ3n) is 1.15. The fourth-order valence-electron chi connectivity index (χ4n) is 0.604. The van der Waals surface area contributed by atoms with Gasteiger partial charge in [0.1, 0.15) is 0 Å². The normalized spacial score (nSPS) is 12.5.